The van der Waals surface area contributed by atoms with Crippen LogP contribution >= 0.6 is 11.3 Å². The predicted octanol–water partition coefficient (Wildman–Crippen LogP) is 1.29. The van der Waals surface area contributed by atoms with E-state index in [4.69, 9.17) is 10.2 Å². The van der Waals surface area contributed by atoms with Gasteiger partial charge in [0.2, 0.25) is 10.0 Å². The van der Waals surface area contributed by atoms with Crippen molar-refractivity contribution in [2.24, 2.45) is 11.1 Å². The molecule has 0 fully saturated rings. The number of aromatic carboxylic acids is 1. The average Bonchev–Trinajstić information content (AvgIpc) is 2.45. The second-order valence-electron chi connectivity index (χ2n) is 3.87. The van der Waals surface area contributed by atoms with E-state index in [2.05, 4.69) is 0 Å². The minimum Gasteiger partial charge on any atom is -0.477 e. The van der Waals surface area contributed by atoms with E-state index in [0.29, 0.717) is 23.3 Å². The largest absolute Gasteiger partial charge is 0.477 e. The van der Waals surface area contributed by atoms with Gasteiger partial charge in [-0.2, -0.15) is 0 Å². The fourth-order valence-electron chi connectivity index (χ4n) is 1.32. The normalized spacial score (nSPS) is 12.0. The van der Waals surface area contributed by atoms with E-state index in [0.717, 1.165) is 0 Å². The molecule has 1 aromatic rings. The van der Waals surface area contributed by atoms with Gasteiger partial charge in [0.05, 0.1) is 0 Å². The summed E-state index contributed by atoms with van der Waals surface area (Å²) in [5.74, 6) is -0.864. The topological polar surface area (TPSA) is 97.5 Å². The molecule has 0 radical (unpaired) electrons. The Morgan fingerprint density at radius 1 is 1.56 bits per heavy atom. The molecule has 0 saturated heterocycles. The van der Waals surface area contributed by atoms with E-state index in [-0.39, 0.29) is 15.0 Å². The Hall–Kier alpha value is -0.920. The fourth-order valence-corrected chi connectivity index (χ4v) is 3.10. The number of thiophene rings is 1. The van der Waals surface area contributed by atoms with Gasteiger partial charge in [0, 0.05) is 0 Å². The lowest BCUT2D eigenvalue weighted by molar-refractivity contribution is 0.0701. The number of primary sulfonamides is 1. The lowest BCUT2D eigenvalue weighted by Crippen LogP contribution is -2.10. The van der Waals surface area contributed by atoms with E-state index in [1.165, 1.54) is 6.07 Å². The summed E-state index contributed by atoms with van der Waals surface area (Å²) in [5.41, 5.74) is 0.525. The van der Waals surface area contributed by atoms with Crippen LogP contribution in [0.1, 0.15) is 29.1 Å². The second-order valence-corrected chi connectivity index (χ2v) is 6.71. The molecule has 5 nitrogen and oxygen atoms in total. The molecule has 3 N–H and O–H groups in total. The summed E-state index contributed by atoms with van der Waals surface area (Å²) < 4.78 is 22.1. The van der Waals surface area contributed by atoms with Gasteiger partial charge in [0.1, 0.15) is 9.09 Å². The van der Waals surface area contributed by atoms with Gasteiger partial charge in [0.15, 0.2) is 0 Å². The van der Waals surface area contributed by atoms with Crippen molar-refractivity contribution in [3.8, 4) is 0 Å². The lowest BCUT2D eigenvalue weighted by atomic mass is 10.0. The van der Waals surface area contributed by atoms with Crippen LogP contribution in [0.3, 0.4) is 0 Å². The Bertz CT molecular complexity index is 502. The van der Waals surface area contributed by atoms with E-state index in [1.807, 2.05) is 13.8 Å². The van der Waals surface area contributed by atoms with Crippen molar-refractivity contribution in [3.63, 3.8) is 0 Å². The van der Waals surface area contributed by atoms with Crippen LogP contribution in [-0.4, -0.2) is 19.5 Å². The molecule has 0 aliphatic rings. The number of carbonyl (C=O) groups is 1. The highest BCUT2D eigenvalue weighted by molar-refractivity contribution is 7.91. The number of carboxylic acid groups (broad SMARTS) is 1. The first-order valence-electron chi connectivity index (χ1n) is 4.60. The molecule has 1 heterocycles. The minimum absolute atomic E-state index is 0.0534. The highest BCUT2D eigenvalue weighted by Gasteiger charge is 2.20. The maximum absolute atomic E-state index is 11.1. The summed E-state index contributed by atoms with van der Waals surface area (Å²) in [7, 11) is -3.82. The number of rotatable bonds is 4. The van der Waals surface area contributed by atoms with Gasteiger partial charge in [-0.15, -0.1) is 11.3 Å². The molecule has 7 heteroatoms. The Morgan fingerprint density at radius 2 is 2.12 bits per heavy atom. The molecule has 16 heavy (non-hydrogen) atoms. The van der Waals surface area contributed by atoms with Crippen LogP contribution in [0.4, 0.5) is 0 Å². The number of carboxylic acids is 1. The molecule has 0 aliphatic carbocycles. The lowest BCUT2D eigenvalue weighted by Gasteiger charge is -2.02. The first kappa shape index (κ1) is 13.1. The number of sulfonamides is 1. The van der Waals surface area contributed by atoms with Crippen molar-refractivity contribution < 1.29 is 18.3 Å². The van der Waals surface area contributed by atoms with Crippen LogP contribution in [0.2, 0.25) is 0 Å². The number of hydrogen-bond acceptors (Lipinski definition) is 4. The molecule has 0 amide bonds. The first-order valence-corrected chi connectivity index (χ1v) is 6.97. The molecule has 0 aliphatic heterocycles. The van der Waals surface area contributed by atoms with Crippen LogP contribution in [0.25, 0.3) is 0 Å². The minimum atomic E-state index is -3.82. The molecule has 0 bridgehead atoms. The van der Waals surface area contributed by atoms with Gasteiger partial charge in [-0.1, -0.05) is 13.8 Å². The Morgan fingerprint density at radius 3 is 2.50 bits per heavy atom. The maximum atomic E-state index is 11.1. The summed E-state index contributed by atoms with van der Waals surface area (Å²) in [6, 6.07) is 1.35. The van der Waals surface area contributed by atoms with E-state index in [9.17, 15) is 13.2 Å². The molecular formula is C9H13NO4S2. The van der Waals surface area contributed by atoms with Crippen molar-refractivity contribution >= 4 is 27.3 Å². The van der Waals surface area contributed by atoms with Crippen LogP contribution in [0.15, 0.2) is 10.3 Å². The quantitative estimate of drug-likeness (QED) is 0.855. The number of nitrogens with two attached hydrogens (primary N) is 1. The smallest absolute Gasteiger partial charge is 0.346 e. The van der Waals surface area contributed by atoms with E-state index < -0.39 is 16.0 Å². The standard InChI is InChI=1S/C9H13NO4S2/c1-5(2)3-6-4-7(16(10,13)14)15-8(6)9(11)12/h4-5H,3H2,1-2H3,(H,11,12)(H2,10,13,14). The van der Waals surface area contributed by atoms with E-state index in [1.54, 1.807) is 0 Å². The molecular weight excluding hydrogens is 250 g/mol. The van der Waals surface area contributed by atoms with Gasteiger partial charge >= 0.3 is 5.97 Å². The molecule has 90 valence electrons. The fraction of sp³-hybridized carbons (Fsp3) is 0.444. The van der Waals surface area contributed by atoms with Gasteiger partial charge in [0.25, 0.3) is 0 Å². The third-order valence-electron chi connectivity index (χ3n) is 1.89. The summed E-state index contributed by atoms with van der Waals surface area (Å²) in [5, 5.41) is 13.9. The second kappa shape index (κ2) is 4.52. The summed E-state index contributed by atoms with van der Waals surface area (Å²) >= 11 is 0.704. The monoisotopic (exact) mass is 263 g/mol. The van der Waals surface area contributed by atoms with Crippen LogP contribution in [0, 0.1) is 5.92 Å². The highest BCUT2D eigenvalue weighted by atomic mass is 32.2. The zero-order valence-electron chi connectivity index (χ0n) is 8.93. The zero-order valence-corrected chi connectivity index (χ0v) is 10.6. The molecule has 1 aromatic heterocycles. The van der Waals surface area contributed by atoms with Crippen LogP contribution in [0.5, 0.6) is 0 Å². The van der Waals surface area contributed by atoms with Crippen molar-refractivity contribution in [2.45, 2.75) is 24.5 Å². The number of hydrogen-bond donors (Lipinski definition) is 2. The summed E-state index contributed by atoms with van der Waals surface area (Å²) in [6.45, 7) is 3.86. The van der Waals surface area contributed by atoms with Crippen molar-refractivity contribution in [1.29, 1.82) is 0 Å². The Labute approximate surface area is 98.0 Å². The summed E-state index contributed by atoms with van der Waals surface area (Å²) in [6.07, 6.45) is 0.521. The average molecular weight is 263 g/mol. The molecule has 1 rings (SSSR count). The molecule has 0 atom stereocenters. The Kier molecular flexibility index (Phi) is 3.72. The SMILES string of the molecule is CC(C)Cc1cc(S(N)(=O)=O)sc1C(=O)O. The predicted molar refractivity (Wildman–Crippen MR) is 61.2 cm³/mol. The molecule has 0 saturated carbocycles. The third-order valence-corrected chi connectivity index (χ3v) is 4.47. The van der Waals surface area contributed by atoms with Crippen molar-refractivity contribution in [1.82, 2.24) is 0 Å². The third kappa shape index (κ3) is 3.03. The van der Waals surface area contributed by atoms with Gasteiger partial charge in [-0.25, -0.2) is 18.4 Å². The van der Waals surface area contributed by atoms with Gasteiger partial charge in [-0.3, -0.25) is 0 Å². The van der Waals surface area contributed by atoms with Crippen molar-refractivity contribution in [3.05, 3.63) is 16.5 Å². The summed E-state index contributed by atoms with van der Waals surface area (Å²) in [4.78, 5) is 11.0. The van der Waals surface area contributed by atoms with Crippen LogP contribution < -0.4 is 5.14 Å². The Balaban J connectivity index is 3.26. The van der Waals surface area contributed by atoms with E-state index >= 15 is 0 Å². The molecule has 0 spiro atoms. The van der Waals surface area contributed by atoms with Crippen LogP contribution in [-0.2, 0) is 16.4 Å². The van der Waals surface area contributed by atoms with Gasteiger partial charge in [-0.05, 0) is 24.0 Å². The van der Waals surface area contributed by atoms with Gasteiger partial charge < -0.3 is 5.11 Å². The zero-order chi connectivity index (χ0) is 12.5. The molecule has 0 unspecified atom stereocenters. The van der Waals surface area contributed by atoms with Crippen molar-refractivity contribution in [2.75, 3.05) is 0 Å². The first-order chi connectivity index (χ1) is 7.21. The molecule has 0 aromatic carbocycles. The highest BCUT2D eigenvalue weighted by Crippen LogP contribution is 2.27. The maximum Gasteiger partial charge on any atom is 0.346 e.